The second kappa shape index (κ2) is 20.5. The highest BCUT2D eigenvalue weighted by Crippen LogP contribution is 2.46. The molecule has 0 radical (unpaired) electrons. The Hall–Kier alpha value is -7.24. The predicted molar refractivity (Wildman–Crippen MR) is 295 cm³/mol. The van der Waals surface area contributed by atoms with Crippen LogP contribution in [0.3, 0.4) is 0 Å². The van der Waals surface area contributed by atoms with Crippen LogP contribution in [0.2, 0.25) is 0 Å². The van der Waals surface area contributed by atoms with Crippen molar-refractivity contribution in [2.45, 2.75) is 90.5 Å². The average molecular weight is 1060 g/mol. The molecule has 0 saturated carbocycles. The van der Waals surface area contributed by atoms with E-state index in [4.69, 9.17) is 19.4 Å². The van der Waals surface area contributed by atoms with Crippen molar-refractivity contribution in [3.05, 3.63) is 166 Å². The van der Waals surface area contributed by atoms with E-state index in [0.717, 1.165) is 77.5 Å². The van der Waals surface area contributed by atoms with Gasteiger partial charge in [-0.3, -0.25) is 19.3 Å². The fourth-order valence-electron chi connectivity index (χ4n) is 12.2. The van der Waals surface area contributed by atoms with E-state index in [1.165, 1.54) is 36.4 Å². The molecule has 4 aromatic carbocycles. The summed E-state index contributed by atoms with van der Waals surface area (Å²) >= 11 is 0. The third kappa shape index (κ3) is 9.45. The summed E-state index contributed by atoms with van der Waals surface area (Å²) in [4.78, 5) is 9.78. The summed E-state index contributed by atoms with van der Waals surface area (Å²) < 4.78 is 81.3. The zero-order valence-electron chi connectivity index (χ0n) is 45.2. The molecule has 2 saturated heterocycles. The minimum absolute atomic E-state index is 0.0407. The molecule has 6 aromatic heterocycles. The van der Waals surface area contributed by atoms with Gasteiger partial charge in [0.25, 0.3) is 0 Å². The van der Waals surface area contributed by atoms with E-state index in [0.29, 0.717) is 63.2 Å². The molecular weight excluding hydrogens is 997 g/mol. The Bertz CT molecular complexity index is 3560. The van der Waals surface area contributed by atoms with Crippen molar-refractivity contribution in [2.24, 2.45) is 25.9 Å². The van der Waals surface area contributed by atoms with Crippen molar-refractivity contribution >= 4 is 43.9 Å². The molecule has 16 heteroatoms. The first-order chi connectivity index (χ1) is 37.3. The highest BCUT2D eigenvalue weighted by Gasteiger charge is 2.37. The van der Waals surface area contributed by atoms with Crippen LogP contribution in [0.15, 0.2) is 110 Å². The quantitative estimate of drug-likeness (QED) is 0.130. The van der Waals surface area contributed by atoms with E-state index < -0.39 is 46.6 Å². The lowest BCUT2D eigenvalue weighted by atomic mass is 9.86. The van der Waals surface area contributed by atoms with Gasteiger partial charge in [-0.2, -0.15) is 10.2 Å². The summed E-state index contributed by atoms with van der Waals surface area (Å²) in [5.41, 5.74) is 9.48. The van der Waals surface area contributed by atoms with Crippen LogP contribution in [-0.2, 0) is 34.8 Å². The second-order valence-corrected chi connectivity index (χ2v) is 22.2. The zero-order valence-corrected chi connectivity index (χ0v) is 45.2. The molecule has 78 heavy (non-hydrogen) atoms. The van der Waals surface area contributed by atoms with Crippen LogP contribution in [0.1, 0.15) is 98.8 Å². The molecule has 2 aliphatic rings. The number of aliphatic hydroxyl groups is 2. The molecule has 2 fully saturated rings. The van der Waals surface area contributed by atoms with Gasteiger partial charge >= 0.3 is 0 Å². The fourth-order valence-corrected chi connectivity index (χ4v) is 12.2. The topological polar surface area (TPSA) is 130 Å². The van der Waals surface area contributed by atoms with Crippen molar-refractivity contribution in [2.75, 3.05) is 26.4 Å². The standard InChI is InChI=1S/2C31H32F2N4O2/c2*1-18-16-35-36(4)29(18)20-14-26-28(34-17-20)22-9-8-21(31(2,3)38)15-25(22)37(26)30(19-10-12-39-13-11-19)27-23(32)6-5-7-24(27)33/h2*5-9,14-17,19,30,38H,10-13H2,1-4H3. The van der Waals surface area contributed by atoms with Crippen molar-refractivity contribution in [3.8, 4) is 22.5 Å². The van der Waals surface area contributed by atoms with Crippen LogP contribution >= 0.6 is 0 Å². The Morgan fingerprint density at radius 3 is 1.19 bits per heavy atom. The Kier molecular flexibility index (Phi) is 13.9. The van der Waals surface area contributed by atoms with Crippen molar-refractivity contribution in [1.29, 1.82) is 0 Å². The molecule has 12 rings (SSSR count). The first kappa shape index (κ1) is 52.8. The van der Waals surface area contributed by atoms with Crippen molar-refractivity contribution in [1.82, 2.24) is 38.7 Å². The summed E-state index contributed by atoms with van der Waals surface area (Å²) in [6, 6.07) is 22.4. The number of aryl methyl sites for hydroxylation is 4. The Morgan fingerprint density at radius 2 is 0.872 bits per heavy atom. The van der Waals surface area contributed by atoms with Gasteiger partial charge in [-0.15, -0.1) is 0 Å². The number of hydrogen-bond acceptors (Lipinski definition) is 8. The van der Waals surface area contributed by atoms with Gasteiger partial charge in [-0.1, -0.05) is 36.4 Å². The van der Waals surface area contributed by atoms with E-state index >= 15 is 17.6 Å². The molecule has 2 unspecified atom stereocenters. The number of ether oxygens (including phenoxy) is 2. The molecule has 12 nitrogen and oxygen atoms in total. The number of halogens is 4. The summed E-state index contributed by atoms with van der Waals surface area (Å²) in [5, 5.41) is 32.2. The molecule has 2 aliphatic heterocycles. The lowest BCUT2D eigenvalue weighted by Crippen LogP contribution is -2.28. The van der Waals surface area contributed by atoms with E-state index in [9.17, 15) is 10.2 Å². The summed E-state index contributed by atoms with van der Waals surface area (Å²) in [7, 11) is 3.77. The number of fused-ring (bicyclic) bond motifs is 6. The normalized spacial score (nSPS) is 15.9. The highest BCUT2D eigenvalue weighted by atomic mass is 19.1. The Morgan fingerprint density at radius 1 is 0.513 bits per heavy atom. The largest absolute Gasteiger partial charge is 0.386 e. The third-order valence-corrected chi connectivity index (χ3v) is 16.1. The second-order valence-electron chi connectivity index (χ2n) is 22.2. The summed E-state index contributed by atoms with van der Waals surface area (Å²) in [5.74, 6) is -2.45. The van der Waals surface area contributed by atoms with Crippen molar-refractivity contribution in [3.63, 3.8) is 0 Å². The SMILES string of the molecule is Cc1cnn(C)c1-c1cnc2c3ccc(C(C)(C)O)cc3n(C(c3c(F)cccc3F)C3CCOCC3)c2c1.Cc1cnn(C)c1-c1cnc2c3ccc(C(C)(C)O)cc3n(C(c3c(F)cccc3F)C3CCOCC3)c2c1. The van der Waals surface area contributed by atoms with Crippen LogP contribution in [0.4, 0.5) is 17.6 Å². The van der Waals surface area contributed by atoms with Crippen molar-refractivity contribution < 1.29 is 37.2 Å². The molecule has 404 valence electrons. The monoisotopic (exact) mass is 1060 g/mol. The molecule has 0 amide bonds. The lowest BCUT2D eigenvalue weighted by molar-refractivity contribution is 0.0542. The maximum atomic E-state index is 15.6. The van der Waals surface area contributed by atoms with Gasteiger partial charge < -0.3 is 28.8 Å². The molecule has 0 aliphatic carbocycles. The smallest absolute Gasteiger partial charge is 0.131 e. The number of nitrogens with zero attached hydrogens (tertiary/aromatic N) is 8. The Balaban J connectivity index is 0.000000165. The first-order valence-electron chi connectivity index (χ1n) is 26.6. The van der Waals surface area contributed by atoms with Gasteiger partial charge in [-0.25, -0.2) is 17.6 Å². The molecule has 0 bridgehead atoms. The Labute approximate surface area is 449 Å². The van der Waals surface area contributed by atoms with Crippen LogP contribution in [0.5, 0.6) is 0 Å². The molecule has 8 heterocycles. The first-order valence-corrected chi connectivity index (χ1v) is 26.6. The minimum Gasteiger partial charge on any atom is -0.386 e. The molecule has 0 spiro atoms. The number of benzene rings is 4. The molecular formula is C62H64F4N8O4. The molecule has 10 aromatic rings. The van der Waals surface area contributed by atoms with Gasteiger partial charge in [0, 0.05) is 85.9 Å². The number of hydrogen-bond donors (Lipinski definition) is 2. The van der Waals surface area contributed by atoms with Gasteiger partial charge in [0.2, 0.25) is 0 Å². The highest BCUT2D eigenvalue weighted by molar-refractivity contribution is 6.08. The van der Waals surface area contributed by atoms with Gasteiger partial charge in [0.1, 0.15) is 23.3 Å². The fraction of sp³-hybridized carbons (Fsp3) is 0.355. The van der Waals surface area contributed by atoms with Crippen LogP contribution in [0, 0.1) is 49.0 Å². The number of rotatable bonds is 10. The van der Waals surface area contributed by atoms with E-state index in [2.05, 4.69) is 10.2 Å². The van der Waals surface area contributed by atoms with E-state index in [1.807, 2.05) is 120 Å². The van der Waals surface area contributed by atoms with Crippen LogP contribution in [-0.4, -0.2) is 75.3 Å². The number of pyridine rings is 2. The molecule has 2 atom stereocenters. The van der Waals surface area contributed by atoms with Gasteiger partial charge in [0.15, 0.2) is 0 Å². The average Bonchev–Trinajstić information content (AvgIpc) is 4.21. The summed E-state index contributed by atoms with van der Waals surface area (Å²) in [6.45, 7) is 13.0. The van der Waals surface area contributed by atoms with E-state index in [1.54, 1.807) is 27.7 Å². The zero-order chi connectivity index (χ0) is 54.9. The lowest BCUT2D eigenvalue weighted by Gasteiger charge is -2.33. The van der Waals surface area contributed by atoms with Gasteiger partial charge in [0.05, 0.1) is 80.2 Å². The van der Waals surface area contributed by atoms with E-state index in [-0.39, 0.29) is 23.0 Å². The molecule has 2 N–H and O–H groups in total. The third-order valence-electron chi connectivity index (χ3n) is 16.1. The maximum absolute atomic E-state index is 15.6. The summed E-state index contributed by atoms with van der Waals surface area (Å²) in [6.07, 6.45) is 9.93. The number of aromatic nitrogens is 8. The van der Waals surface area contributed by atoms with Crippen LogP contribution in [0.25, 0.3) is 66.4 Å². The van der Waals surface area contributed by atoms with Crippen LogP contribution < -0.4 is 0 Å². The van der Waals surface area contributed by atoms with Gasteiger partial charge in [-0.05, 0) is 150 Å². The maximum Gasteiger partial charge on any atom is 0.131 e. The predicted octanol–water partition coefficient (Wildman–Crippen LogP) is 12.8. The minimum atomic E-state index is -1.10.